The van der Waals surface area contributed by atoms with Gasteiger partial charge in [-0.2, -0.15) is 0 Å². The summed E-state index contributed by atoms with van der Waals surface area (Å²) in [6.45, 7) is 2.69. The van der Waals surface area contributed by atoms with E-state index in [1.54, 1.807) is 30.3 Å². The van der Waals surface area contributed by atoms with E-state index in [-0.39, 0.29) is 17.2 Å². The number of para-hydroxylation sites is 2. The molecule has 10 nitrogen and oxygen atoms in total. The molecule has 0 aromatic heterocycles. The summed E-state index contributed by atoms with van der Waals surface area (Å²) in [6, 6.07) is 11.1. The van der Waals surface area contributed by atoms with Gasteiger partial charge < -0.3 is 25.2 Å². The van der Waals surface area contributed by atoms with E-state index >= 15 is 0 Å². The molecule has 1 aliphatic rings. The number of nitrogens with one attached hydrogen (secondary N) is 2. The lowest BCUT2D eigenvalue weighted by molar-refractivity contribution is -0.144. The van der Waals surface area contributed by atoms with Crippen molar-refractivity contribution < 1.29 is 33.8 Å². The first-order valence-electron chi connectivity index (χ1n) is 9.97. The van der Waals surface area contributed by atoms with Crippen molar-refractivity contribution in [2.24, 2.45) is 0 Å². The largest absolute Gasteiger partial charge is 0.493 e. The Bertz CT molecular complexity index is 1140. The van der Waals surface area contributed by atoms with Crippen molar-refractivity contribution in [1.82, 2.24) is 10.2 Å². The van der Waals surface area contributed by atoms with Crippen molar-refractivity contribution in [2.75, 3.05) is 19.0 Å². The Labute approximate surface area is 189 Å². The van der Waals surface area contributed by atoms with Crippen LogP contribution in [0.2, 0.25) is 0 Å². The summed E-state index contributed by atoms with van der Waals surface area (Å²) < 4.78 is 10.7. The minimum atomic E-state index is -1.19. The third-order valence-electron chi connectivity index (χ3n) is 4.85. The van der Waals surface area contributed by atoms with E-state index in [4.69, 9.17) is 14.6 Å². The first-order chi connectivity index (χ1) is 15.7. The summed E-state index contributed by atoms with van der Waals surface area (Å²) in [6.07, 6.45) is 0.153. The van der Waals surface area contributed by atoms with Gasteiger partial charge in [-0.3, -0.25) is 9.59 Å². The number of carbonyl (C=O) groups excluding carboxylic acids is 3. The van der Waals surface area contributed by atoms with Gasteiger partial charge in [-0.1, -0.05) is 30.3 Å². The number of benzene rings is 2. The first kappa shape index (κ1) is 23.3. The zero-order valence-corrected chi connectivity index (χ0v) is 18.2. The lowest BCUT2D eigenvalue weighted by Crippen LogP contribution is -2.38. The highest BCUT2D eigenvalue weighted by Gasteiger charge is 2.35. The standard InChI is InChI=1S/C23H23N3O7/c1-13-7-4-5-9-16(13)24-19(27)12-26-21(28)17(25-23(26)31)11-15-8-6-10-18(32-3)20(15)33-14(2)22(29)30/h4-11,14H,12H2,1-3H3,(H,24,27)(H,25,31)(H,29,30)/b17-11-/t14-/m0/s1. The number of anilines is 1. The molecule has 0 unspecified atom stereocenters. The molecule has 33 heavy (non-hydrogen) atoms. The molecule has 1 aliphatic heterocycles. The predicted octanol–water partition coefficient (Wildman–Crippen LogP) is 2.39. The summed E-state index contributed by atoms with van der Waals surface area (Å²) in [5.41, 5.74) is 1.64. The molecule has 10 heteroatoms. The van der Waals surface area contributed by atoms with Gasteiger partial charge in [-0.05, 0) is 37.6 Å². The third kappa shape index (κ3) is 5.29. The molecule has 2 aromatic rings. The molecule has 1 fully saturated rings. The number of carboxylic acid groups (broad SMARTS) is 1. The number of imide groups is 1. The highest BCUT2D eigenvalue weighted by atomic mass is 16.5. The average molecular weight is 453 g/mol. The lowest BCUT2D eigenvalue weighted by atomic mass is 10.1. The zero-order chi connectivity index (χ0) is 24.1. The first-order valence-corrected chi connectivity index (χ1v) is 9.97. The highest BCUT2D eigenvalue weighted by molar-refractivity contribution is 6.16. The van der Waals surface area contributed by atoms with Crippen molar-refractivity contribution in [3.8, 4) is 11.5 Å². The quantitative estimate of drug-likeness (QED) is 0.413. The number of methoxy groups -OCH3 is 1. The van der Waals surface area contributed by atoms with Gasteiger partial charge in [-0.15, -0.1) is 0 Å². The van der Waals surface area contributed by atoms with Gasteiger partial charge in [0.25, 0.3) is 5.91 Å². The van der Waals surface area contributed by atoms with E-state index < -0.39 is 36.5 Å². The number of carboxylic acids is 1. The smallest absolute Gasteiger partial charge is 0.344 e. The van der Waals surface area contributed by atoms with Gasteiger partial charge in [0.2, 0.25) is 5.91 Å². The van der Waals surface area contributed by atoms with Crippen molar-refractivity contribution in [1.29, 1.82) is 0 Å². The maximum absolute atomic E-state index is 12.8. The summed E-state index contributed by atoms with van der Waals surface area (Å²) >= 11 is 0. The number of urea groups is 1. The molecule has 0 spiro atoms. The number of aryl methyl sites for hydroxylation is 1. The van der Waals surface area contributed by atoms with E-state index in [1.165, 1.54) is 20.1 Å². The Kier molecular flexibility index (Phi) is 6.97. The van der Waals surface area contributed by atoms with Crippen LogP contribution >= 0.6 is 0 Å². The topological polar surface area (TPSA) is 134 Å². The number of hydrogen-bond donors (Lipinski definition) is 3. The van der Waals surface area contributed by atoms with Gasteiger partial charge in [0.15, 0.2) is 17.6 Å². The molecule has 172 valence electrons. The number of carbonyl (C=O) groups is 4. The van der Waals surface area contributed by atoms with E-state index in [0.29, 0.717) is 11.3 Å². The fourth-order valence-corrected chi connectivity index (χ4v) is 3.08. The van der Waals surface area contributed by atoms with Gasteiger partial charge in [0.1, 0.15) is 12.2 Å². The number of hydrogen-bond acceptors (Lipinski definition) is 6. The fourth-order valence-electron chi connectivity index (χ4n) is 3.08. The number of amides is 4. The van der Waals surface area contributed by atoms with Gasteiger partial charge in [0, 0.05) is 11.3 Å². The molecule has 1 saturated heterocycles. The number of rotatable bonds is 8. The molecule has 3 rings (SSSR count). The molecule has 1 heterocycles. The Hall–Kier alpha value is -4.34. The number of ether oxygens (including phenoxy) is 2. The summed E-state index contributed by atoms with van der Waals surface area (Å²) in [5, 5.41) is 14.3. The second-order valence-electron chi connectivity index (χ2n) is 7.22. The van der Waals surface area contributed by atoms with Crippen LogP contribution < -0.4 is 20.1 Å². The van der Waals surface area contributed by atoms with Gasteiger partial charge >= 0.3 is 12.0 Å². The maximum atomic E-state index is 12.8. The monoisotopic (exact) mass is 453 g/mol. The molecule has 0 aliphatic carbocycles. The highest BCUT2D eigenvalue weighted by Crippen LogP contribution is 2.34. The molecular weight excluding hydrogens is 430 g/mol. The molecule has 4 amide bonds. The van der Waals surface area contributed by atoms with Crippen molar-refractivity contribution in [2.45, 2.75) is 20.0 Å². The van der Waals surface area contributed by atoms with Gasteiger partial charge in [0.05, 0.1) is 7.11 Å². The molecule has 3 N–H and O–H groups in total. The molecule has 2 aromatic carbocycles. The Morgan fingerprint density at radius 2 is 1.91 bits per heavy atom. The van der Waals surface area contributed by atoms with Crippen molar-refractivity contribution >= 4 is 35.6 Å². The average Bonchev–Trinajstić information content (AvgIpc) is 3.03. The second-order valence-corrected chi connectivity index (χ2v) is 7.22. The van der Waals surface area contributed by atoms with Crippen LogP contribution in [-0.2, 0) is 14.4 Å². The summed E-state index contributed by atoms with van der Waals surface area (Å²) in [5.74, 6) is -2.07. The molecule has 1 atom stereocenters. The maximum Gasteiger partial charge on any atom is 0.344 e. The normalized spacial score (nSPS) is 15.2. The van der Waals surface area contributed by atoms with Crippen LogP contribution in [0.5, 0.6) is 11.5 Å². The minimum Gasteiger partial charge on any atom is -0.493 e. The van der Waals surface area contributed by atoms with Crippen LogP contribution in [0, 0.1) is 6.92 Å². The zero-order valence-electron chi connectivity index (χ0n) is 18.2. The lowest BCUT2D eigenvalue weighted by Gasteiger charge is -2.16. The Morgan fingerprint density at radius 3 is 2.58 bits per heavy atom. The van der Waals surface area contributed by atoms with Crippen LogP contribution in [-0.4, -0.2) is 53.6 Å². The van der Waals surface area contributed by atoms with E-state index in [9.17, 15) is 19.2 Å². The third-order valence-corrected chi connectivity index (χ3v) is 4.85. The second kappa shape index (κ2) is 9.86. The van der Waals surface area contributed by atoms with Crippen LogP contribution in [0.4, 0.5) is 10.5 Å². The Morgan fingerprint density at radius 1 is 1.18 bits per heavy atom. The van der Waals surface area contributed by atoms with Crippen molar-refractivity contribution in [3.05, 3.63) is 59.3 Å². The SMILES string of the molecule is COc1cccc(/C=C2\NC(=O)N(CC(=O)Nc3ccccc3C)C2=O)c1O[C@@H](C)C(=O)O. The van der Waals surface area contributed by atoms with E-state index in [2.05, 4.69) is 10.6 Å². The predicted molar refractivity (Wildman–Crippen MR) is 119 cm³/mol. The van der Waals surface area contributed by atoms with Gasteiger partial charge in [-0.25, -0.2) is 14.5 Å². The van der Waals surface area contributed by atoms with Crippen LogP contribution in [0.15, 0.2) is 48.2 Å². The van der Waals surface area contributed by atoms with E-state index in [1.807, 2.05) is 19.1 Å². The molecule has 0 bridgehead atoms. The van der Waals surface area contributed by atoms with Crippen molar-refractivity contribution in [3.63, 3.8) is 0 Å². The van der Waals surface area contributed by atoms with E-state index in [0.717, 1.165) is 10.5 Å². The van der Waals surface area contributed by atoms with Crippen LogP contribution in [0.1, 0.15) is 18.1 Å². The Balaban J connectivity index is 1.81. The minimum absolute atomic E-state index is 0.0928. The summed E-state index contributed by atoms with van der Waals surface area (Å²) in [4.78, 5) is 49.5. The molecule has 0 radical (unpaired) electrons. The van der Waals surface area contributed by atoms with Crippen LogP contribution in [0.3, 0.4) is 0 Å². The van der Waals surface area contributed by atoms with Crippen LogP contribution in [0.25, 0.3) is 6.08 Å². The molecular formula is C23H23N3O7. The molecule has 0 saturated carbocycles. The number of nitrogens with zero attached hydrogens (tertiary/aromatic N) is 1. The number of aliphatic carboxylic acids is 1. The fraction of sp³-hybridized carbons (Fsp3) is 0.217. The summed E-state index contributed by atoms with van der Waals surface area (Å²) in [7, 11) is 1.39.